The third-order valence-electron chi connectivity index (χ3n) is 3.72. The highest BCUT2D eigenvalue weighted by Gasteiger charge is 2.03. The van der Waals surface area contributed by atoms with Gasteiger partial charge in [-0.05, 0) is 79.8 Å². The van der Waals surface area contributed by atoms with Crippen LogP contribution < -0.4 is 0 Å². The molecule has 0 bridgehead atoms. The topological polar surface area (TPSA) is 25.2 Å². The van der Waals surface area contributed by atoms with Crippen molar-refractivity contribution in [3.63, 3.8) is 0 Å². The van der Waals surface area contributed by atoms with E-state index in [4.69, 9.17) is 11.6 Å². The van der Waals surface area contributed by atoms with Crippen LogP contribution in [-0.4, -0.2) is 11.2 Å². The molecule has 0 aliphatic heterocycles. The van der Waals surface area contributed by atoms with Crippen LogP contribution in [0.3, 0.4) is 0 Å². The monoisotopic (exact) mass is 312 g/mol. The molecule has 0 amide bonds. The lowest BCUT2D eigenvalue weighted by Crippen LogP contribution is -1.88. The summed E-state index contributed by atoms with van der Waals surface area (Å²) >= 11 is 6.25. The number of hydrogen-bond acceptors (Lipinski definition) is 2. The van der Waals surface area contributed by atoms with Crippen LogP contribution in [0.25, 0.3) is 5.57 Å². The lowest BCUT2D eigenvalue weighted by Gasteiger charge is -2.07. The first-order valence-electron chi connectivity index (χ1n) is 7.32. The van der Waals surface area contributed by atoms with Crippen molar-refractivity contribution in [2.75, 3.05) is 0 Å². The quantitative estimate of drug-likeness (QED) is 0.700. The number of rotatable bonds is 4. The van der Waals surface area contributed by atoms with E-state index in [9.17, 15) is 0 Å². The summed E-state index contributed by atoms with van der Waals surface area (Å²) in [6.45, 7) is 8.85. The number of allylic oxidation sites excluding steroid dienone is 2. The van der Waals surface area contributed by atoms with E-state index in [-0.39, 0.29) is 0 Å². The molecule has 1 aromatic carbocycles. The summed E-state index contributed by atoms with van der Waals surface area (Å²) in [7, 11) is 0. The van der Waals surface area contributed by atoms with E-state index in [1.54, 1.807) is 0 Å². The average Bonchev–Trinajstić information content (AvgIpc) is 2.48. The Kier molecular flexibility index (Phi) is 5.51. The van der Waals surface area contributed by atoms with Crippen molar-refractivity contribution >= 4 is 23.4 Å². The van der Waals surface area contributed by atoms with Gasteiger partial charge in [0.25, 0.3) is 0 Å². The molecule has 1 heterocycles. The molecule has 0 unspecified atom stereocenters. The summed E-state index contributed by atoms with van der Waals surface area (Å²) < 4.78 is 0. The van der Waals surface area contributed by atoms with Gasteiger partial charge in [-0.25, -0.2) is 0 Å². The van der Waals surface area contributed by atoms with Crippen molar-refractivity contribution in [1.82, 2.24) is 4.98 Å². The fourth-order valence-corrected chi connectivity index (χ4v) is 2.43. The Morgan fingerprint density at radius 2 is 2.00 bits per heavy atom. The zero-order valence-electron chi connectivity index (χ0n) is 13.5. The van der Waals surface area contributed by atoms with Gasteiger partial charge in [0.1, 0.15) is 0 Å². The molecule has 0 spiro atoms. The third-order valence-corrected chi connectivity index (χ3v) is 4.12. The van der Waals surface area contributed by atoms with Crippen molar-refractivity contribution in [1.29, 1.82) is 0 Å². The number of nitrogens with zero attached hydrogens (tertiary/aromatic N) is 2. The Labute approximate surface area is 137 Å². The van der Waals surface area contributed by atoms with E-state index >= 15 is 0 Å². The molecule has 2 nitrogen and oxygen atoms in total. The van der Waals surface area contributed by atoms with Crippen molar-refractivity contribution in [3.8, 4) is 0 Å². The second-order valence-electron chi connectivity index (χ2n) is 5.54. The molecule has 2 aromatic rings. The molecule has 0 aliphatic rings. The number of pyridine rings is 1. The van der Waals surface area contributed by atoms with Crippen LogP contribution in [0.15, 0.2) is 41.5 Å². The Hall–Kier alpha value is -1.93. The van der Waals surface area contributed by atoms with Gasteiger partial charge in [-0.2, -0.15) is 0 Å². The van der Waals surface area contributed by atoms with Gasteiger partial charge in [0.15, 0.2) is 0 Å². The first-order valence-corrected chi connectivity index (χ1v) is 7.70. The second-order valence-corrected chi connectivity index (χ2v) is 5.95. The van der Waals surface area contributed by atoms with Gasteiger partial charge < -0.3 is 0 Å². The van der Waals surface area contributed by atoms with E-state index in [1.165, 1.54) is 11.1 Å². The van der Waals surface area contributed by atoms with Crippen molar-refractivity contribution in [3.05, 3.63) is 69.5 Å². The van der Waals surface area contributed by atoms with Gasteiger partial charge in [0, 0.05) is 23.1 Å². The fraction of sp³-hybridized carbons (Fsp3) is 0.263. The summed E-state index contributed by atoms with van der Waals surface area (Å²) in [5.74, 6) is 0. The SMILES string of the molecule is C/C(=C\C=NCc1ccnc(C)c1)c1cc(C)c(C)c(Cl)c1. The first kappa shape index (κ1) is 16.4. The summed E-state index contributed by atoms with van der Waals surface area (Å²) in [6, 6.07) is 8.21. The van der Waals surface area contributed by atoms with Crippen molar-refractivity contribution in [2.45, 2.75) is 34.2 Å². The van der Waals surface area contributed by atoms with Gasteiger partial charge in [0.2, 0.25) is 0 Å². The molecule has 3 heteroatoms. The smallest absolute Gasteiger partial charge is 0.0640 e. The standard InChI is InChI=1S/C19H21ClN2/c1-13(18-9-14(2)16(4)19(20)11-18)5-7-21-12-17-6-8-22-15(3)10-17/h5-11H,12H2,1-4H3/b13-5+,21-7?. The minimum absolute atomic E-state index is 0.667. The maximum atomic E-state index is 6.25. The summed E-state index contributed by atoms with van der Waals surface area (Å²) in [5, 5.41) is 0.812. The van der Waals surface area contributed by atoms with Crippen molar-refractivity contribution < 1.29 is 0 Å². The molecular weight excluding hydrogens is 292 g/mol. The number of benzene rings is 1. The molecule has 0 aliphatic carbocycles. The second kappa shape index (κ2) is 7.37. The Bertz CT molecular complexity index is 707. The highest BCUT2D eigenvalue weighted by atomic mass is 35.5. The van der Waals surface area contributed by atoms with Crippen LogP contribution in [-0.2, 0) is 6.54 Å². The average molecular weight is 313 g/mol. The largest absolute Gasteiger partial charge is 0.288 e. The maximum absolute atomic E-state index is 6.25. The molecule has 114 valence electrons. The Morgan fingerprint density at radius 1 is 1.23 bits per heavy atom. The van der Waals surface area contributed by atoms with E-state index in [0.717, 1.165) is 27.4 Å². The highest BCUT2D eigenvalue weighted by molar-refractivity contribution is 6.31. The van der Waals surface area contributed by atoms with E-state index in [1.807, 2.05) is 44.5 Å². The summed E-state index contributed by atoms with van der Waals surface area (Å²) in [4.78, 5) is 8.63. The van der Waals surface area contributed by atoms with Gasteiger partial charge >= 0.3 is 0 Å². The summed E-state index contributed by atoms with van der Waals surface area (Å²) in [6.07, 6.45) is 5.70. The molecule has 0 N–H and O–H groups in total. The van der Waals surface area contributed by atoms with Crippen LogP contribution >= 0.6 is 11.6 Å². The van der Waals surface area contributed by atoms with Gasteiger partial charge in [-0.1, -0.05) is 17.7 Å². The highest BCUT2D eigenvalue weighted by Crippen LogP contribution is 2.24. The Morgan fingerprint density at radius 3 is 2.68 bits per heavy atom. The minimum Gasteiger partial charge on any atom is -0.288 e. The van der Waals surface area contributed by atoms with Crippen molar-refractivity contribution in [2.24, 2.45) is 4.99 Å². The number of halogens is 1. The van der Waals surface area contributed by atoms with Crippen LogP contribution in [0.2, 0.25) is 5.02 Å². The predicted molar refractivity (Wildman–Crippen MR) is 95.7 cm³/mol. The lowest BCUT2D eigenvalue weighted by molar-refractivity contribution is 1.05. The van der Waals surface area contributed by atoms with E-state index in [2.05, 4.69) is 36.0 Å². The molecule has 0 atom stereocenters. The molecule has 1 aromatic heterocycles. The van der Waals surface area contributed by atoms with Crippen LogP contribution in [0.1, 0.15) is 34.9 Å². The number of aromatic nitrogens is 1. The minimum atomic E-state index is 0.667. The third kappa shape index (κ3) is 4.28. The van der Waals surface area contributed by atoms with E-state index in [0.29, 0.717) is 6.54 Å². The van der Waals surface area contributed by atoms with Crippen LogP contribution in [0.5, 0.6) is 0 Å². The number of aliphatic imine (C=N–C) groups is 1. The lowest BCUT2D eigenvalue weighted by atomic mass is 10.0. The van der Waals surface area contributed by atoms with Crippen LogP contribution in [0.4, 0.5) is 0 Å². The zero-order chi connectivity index (χ0) is 16.1. The van der Waals surface area contributed by atoms with Crippen LogP contribution in [0, 0.1) is 20.8 Å². The number of aryl methyl sites for hydroxylation is 2. The zero-order valence-corrected chi connectivity index (χ0v) is 14.3. The Balaban J connectivity index is 2.08. The fourth-order valence-electron chi connectivity index (χ4n) is 2.17. The normalized spacial score (nSPS) is 12.1. The molecule has 2 rings (SSSR count). The molecule has 0 saturated heterocycles. The molecular formula is C19H21ClN2. The molecule has 0 saturated carbocycles. The maximum Gasteiger partial charge on any atom is 0.0640 e. The molecule has 22 heavy (non-hydrogen) atoms. The summed E-state index contributed by atoms with van der Waals surface area (Å²) in [5.41, 5.74) is 6.83. The first-order chi connectivity index (χ1) is 10.5. The van der Waals surface area contributed by atoms with Gasteiger partial charge in [0.05, 0.1) is 6.54 Å². The number of hydrogen-bond donors (Lipinski definition) is 0. The predicted octanol–water partition coefficient (Wildman–Crippen LogP) is 5.33. The molecule has 0 radical (unpaired) electrons. The van der Waals surface area contributed by atoms with Gasteiger partial charge in [-0.15, -0.1) is 0 Å². The van der Waals surface area contributed by atoms with E-state index < -0.39 is 0 Å². The molecule has 0 fully saturated rings. The van der Waals surface area contributed by atoms with Gasteiger partial charge in [-0.3, -0.25) is 9.98 Å².